The van der Waals surface area contributed by atoms with Crippen molar-refractivity contribution in [2.24, 2.45) is 0 Å². The van der Waals surface area contributed by atoms with Crippen LogP contribution in [0.15, 0.2) is 30.6 Å². The lowest BCUT2D eigenvalue weighted by Crippen LogP contribution is -2.48. The van der Waals surface area contributed by atoms with Gasteiger partial charge in [0, 0.05) is 37.9 Å². The number of piperazine rings is 1. The van der Waals surface area contributed by atoms with Gasteiger partial charge in [-0.2, -0.15) is 0 Å². The third kappa shape index (κ3) is 3.95. The van der Waals surface area contributed by atoms with E-state index in [4.69, 9.17) is 9.47 Å². The third-order valence-electron chi connectivity index (χ3n) is 4.79. The van der Waals surface area contributed by atoms with E-state index < -0.39 is 0 Å². The quantitative estimate of drug-likeness (QED) is 0.880. The molecule has 0 radical (unpaired) electrons. The molecule has 0 atom stereocenters. The molecule has 0 bridgehead atoms. The average molecular weight is 369 g/mol. The fourth-order valence-corrected chi connectivity index (χ4v) is 3.20. The highest BCUT2D eigenvalue weighted by atomic mass is 16.6. The summed E-state index contributed by atoms with van der Waals surface area (Å²) in [5.41, 5.74) is 1.19. The van der Waals surface area contributed by atoms with Crippen LogP contribution < -0.4 is 14.8 Å². The van der Waals surface area contributed by atoms with E-state index >= 15 is 0 Å². The Hall–Kier alpha value is -2.87. The molecule has 2 aliphatic rings. The average Bonchev–Trinajstić information content (AvgIpc) is 2.74. The zero-order valence-corrected chi connectivity index (χ0v) is 15.4. The zero-order valence-electron chi connectivity index (χ0n) is 15.4. The summed E-state index contributed by atoms with van der Waals surface area (Å²) in [6.07, 6.45) is 3.10. The first-order valence-electron chi connectivity index (χ1n) is 9.23. The molecule has 1 saturated heterocycles. The first kappa shape index (κ1) is 17.5. The Morgan fingerprint density at radius 3 is 2.56 bits per heavy atom. The summed E-state index contributed by atoms with van der Waals surface area (Å²) < 4.78 is 11.1. The van der Waals surface area contributed by atoms with E-state index in [2.05, 4.69) is 27.1 Å². The van der Waals surface area contributed by atoms with Crippen LogP contribution in [0.3, 0.4) is 0 Å². The number of hydrogen-bond donors (Lipinski definition) is 1. The lowest BCUT2D eigenvalue weighted by Gasteiger charge is -2.33. The van der Waals surface area contributed by atoms with E-state index in [1.165, 1.54) is 6.20 Å². The van der Waals surface area contributed by atoms with Gasteiger partial charge < -0.3 is 24.6 Å². The van der Waals surface area contributed by atoms with Gasteiger partial charge in [-0.15, -0.1) is 0 Å². The Morgan fingerprint density at radius 1 is 1.07 bits per heavy atom. The summed E-state index contributed by atoms with van der Waals surface area (Å²) in [6, 6.07) is 5.61. The summed E-state index contributed by atoms with van der Waals surface area (Å²) in [5, 5.41) is 3.17. The van der Waals surface area contributed by atoms with Crippen molar-refractivity contribution in [2.45, 2.75) is 6.92 Å². The van der Waals surface area contributed by atoms with Crippen molar-refractivity contribution in [3.05, 3.63) is 36.3 Å². The van der Waals surface area contributed by atoms with Crippen LogP contribution >= 0.6 is 0 Å². The summed E-state index contributed by atoms with van der Waals surface area (Å²) in [4.78, 5) is 25.4. The lowest BCUT2D eigenvalue weighted by atomic mass is 10.2. The van der Waals surface area contributed by atoms with Gasteiger partial charge in [-0.1, -0.05) is 6.92 Å². The fraction of sp³-hybridized carbons (Fsp3) is 0.421. The topological polar surface area (TPSA) is 79.8 Å². The summed E-state index contributed by atoms with van der Waals surface area (Å²) >= 11 is 0. The molecule has 1 aromatic carbocycles. The molecular weight excluding hydrogens is 346 g/mol. The molecule has 8 nitrogen and oxygen atoms in total. The minimum Gasteiger partial charge on any atom is -0.486 e. The Balaban J connectivity index is 1.39. The second-order valence-electron chi connectivity index (χ2n) is 6.50. The molecule has 3 heterocycles. The molecular formula is C19H23N5O3. The molecule has 4 rings (SSSR count). The molecule has 1 fully saturated rings. The fourth-order valence-electron chi connectivity index (χ4n) is 3.20. The molecule has 0 spiro atoms. The van der Waals surface area contributed by atoms with Crippen molar-refractivity contribution >= 4 is 17.4 Å². The van der Waals surface area contributed by atoms with Crippen molar-refractivity contribution in [3.63, 3.8) is 0 Å². The number of carbonyl (C=O) groups is 1. The van der Waals surface area contributed by atoms with Gasteiger partial charge in [-0.25, -0.2) is 9.97 Å². The maximum absolute atomic E-state index is 12.6. The predicted molar refractivity (Wildman–Crippen MR) is 101 cm³/mol. The number of carbonyl (C=O) groups excluding carboxylic acids is 1. The van der Waals surface area contributed by atoms with E-state index in [0.29, 0.717) is 30.5 Å². The van der Waals surface area contributed by atoms with Crippen molar-refractivity contribution in [3.8, 4) is 11.5 Å². The number of amides is 1. The van der Waals surface area contributed by atoms with Gasteiger partial charge in [0.2, 0.25) is 0 Å². The highest BCUT2D eigenvalue weighted by Gasteiger charge is 2.22. The zero-order chi connectivity index (χ0) is 18.6. The Bertz CT molecular complexity index is 803. The molecule has 0 unspecified atom stereocenters. The van der Waals surface area contributed by atoms with Crippen LogP contribution in [0.4, 0.5) is 11.5 Å². The normalized spacial score (nSPS) is 16.9. The highest BCUT2D eigenvalue weighted by molar-refractivity contribution is 5.92. The number of fused-ring (bicyclic) bond motifs is 1. The molecule has 8 heteroatoms. The molecule has 2 aromatic rings. The molecule has 2 aliphatic heterocycles. The van der Waals surface area contributed by atoms with Crippen LogP contribution in [-0.2, 0) is 0 Å². The number of hydrogen-bond acceptors (Lipinski definition) is 7. The first-order chi connectivity index (χ1) is 13.2. The molecule has 1 amide bonds. The number of ether oxygens (including phenoxy) is 2. The summed E-state index contributed by atoms with van der Waals surface area (Å²) in [7, 11) is 0. The number of anilines is 2. The number of likely N-dealkylation sites (N-methyl/N-ethyl adjacent to an activating group) is 1. The van der Waals surface area contributed by atoms with Crippen molar-refractivity contribution in [2.75, 3.05) is 51.3 Å². The summed E-state index contributed by atoms with van der Waals surface area (Å²) in [5.74, 6) is 1.95. The van der Waals surface area contributed by atoms with Crippen LogP contribution in [0.5, 0.6) is 11.5 Å². The van der Waals surface area contributed by atoms with Gasteiger partial charge in [0.05, 0.1) is 12.4 Å². The van der Waals surface area contributed by atoms with Gasteiger partial charge >= 0.3 is 0 Å². The second kappa shape index (κ2) is 7.79. The SMILES string of the molecule is CCN1CCN(C(=O)c2cnc(Nc3ccc4c(c3)OCCO4)cn2)CC1. The second-order valence-corrected chi connectivity index (χ2v) is 6.50. The van der Waals surface area contributed by atoms with E-state index in [1.807, 2.05) is 23.1 Å². The van der Waals surface area contributed by atoms with E-state index in [9.17, 15) is 4.79 Å². The minimum atomic E-state index is -0.0656. The Labute approximate surface area is 158 Å². The predicted octanol–water partition coefficient (Wildman–Crippen LogP) is 1.77. The van der Waals surface area contributed by atoms with Gasteiger partial charge in [0.1, 0.15) is 24.7 Å². The minimum absolute atomic E-state index is 0.0656. The van der Waals surface area contributed by atoms with Crippen LogP contribution in [0.2, 0.25) is 0 Å². The van der Waals surface area contributed by atoms with Crippen LogP contribution in [0, 0.1) is 0 Å². The molecule has 27 heavy (non-hydrogen) atoms. The monoisotopic (exact) mass is 369 g/mol. The molecule has 0 aliphatic carbocycles. The highest BCUT2D eigenvalue weighted by Crippen LogP contribution is 2.33. The number of aromatic nitrogens is 2. The Kier molecular flexibility index (Phi) is 5.06. The van der Waals surface area contributed by atoms with Crippen LogP contribution in [-0.4, -0.2) is 71.6 Å². The van der Waals surface area contributed by atoms with Crippen molar-refractivity contribution < 1.29 is 14.3 Å². The van der Waals surface area contributed by atoms with Gasteiger partial charge in [0.15, 0.2) is 11.5 Å². The molecule has 1 aromatic heterocycles. The van der Waals surface area contributed by atoms with Gasteiger partial charge in [0.25, 0.3) is 5.91 Å². The molecule has 0 saturated carbocycles. The standard InChI is InChI=1S/C19H23N5O3/c1-2-23-5-7-24(8-6-23)19(25)15-12-21-18(13-20-15)22-14-3-4-16-17(11-14)27-10-9-26-16/h3-4,11-13H,2,5-10H2,1H3,(H,21,22). The summed E-state index contributed by atoms with van der Waals surface area (Å²) in [6.45, 7) is 7.52. The first-order valence-corrected chi connectivity index (χ1v) is 9.23. The van der Waals surface area contributed by atoms with Crippen LogP contribution in [0.25, 0.3) is 0 Å². The smallest absolute Gasteiger partial charge is 0.274 e. The lowest BCUT2D eigenvalue weighted by molar-refractivity contribution is 0.0637. The van der Waals surface area contributed by atoms with Crippen LogP contribution in [0.1, 0.15) is 17.4 Å². The number of nitrogens with one attached hydrogen (secondary N) is 1. The third-order valence-corrected chi connectivity index (χ3v) is 4.79. The number of benzene rings is 1. The largest absolute Gasteiger partial charge is 0.486 e. The molecule has 142 valence electrons. The molecule has 1 N–H and O–H groups in total. The van der Waals surface area contributed by atoms with E-state index in [0.717, 1.165) is 44.2 Å². The maximum Gasteiger partial charge on any atom is 0.274 e. The van der Waals surface area contributed by atoms with Crippen molar-refractivity contribution in [1.29, 1.82) is 0 Å². The van der Waals surface area contributed by atoms with Crippen molar-refractivity contribution in [1.82, 2.24) is 19.8 Å². The van der Waals surface area contributed by atoms with Gasteiger partial charge in [-0.3, -0.25) is 4.79 Å². The van der Waals surface area contributed by atoms with E-state index in [1.54, 1.807) is 6.20 Å². The van der Waals surface area contributed by atoms with Gasteiger partial charge in [-0.05, 0) is 18.7 Å². The van der Waals surface area contributed by atoms with E-state index in [-0.39, 0.29) is 5.91 Å². The maximum atomic E-state index is 12.6. The number of rotatable bonds is 4. The number of nitrogens with zero attached hydrogens (tertiary/aromatic N) is 4. The Morgan fingerprint density at radius 2 is 1.85 bits per heavy atom.